The summed E-state index contributed by atoms with van der Waals surface area (Å²) < 4.78 is 7.76. The zero-order chi connectivity index (χ0) is 18.7. The average molecular weight is 358 g/mol. The van der Waals surface area contributed by atoms with Crippen molar-refractivity contribution in [1.29, 1.82) is 0 Å². The van der Waals surface area contributed by atoms with Gasteiger partial charge in [0.05, 0.1) is 31.4 Å². The maximum absolute atomic E-state index is 13.0. The van der Waals surface area contributed by atoms with Crippen LogP contribution in [0.15, 0.2) is 36.7 Å². The van der Waals surface area contributed by atoms with E-state index in [0.717, 1.165) is 17.7 Å². The topological polar surface area (TPSA) is 70.8 Å². The van der Waals surface area contributed by atoms with E-state index in [2.05, 4.69) is 10.00 Å². The summed E-state index contributed by atoms with van der Waals surface area (Å²) in [5.41, 5.74) is 1.87. The van der Waals surface area contributed by atoms with Crippen LogP contribution in [-0.2, 0) is 23.0 Å². The van der Waals surface area contributed by atoms with Crippen LogP contribution in [0.2, 0.25) is 0 Å². The van der Waals surface area contributed by atoms with Gasteiger partial charge in [0.2, 0.25) is 5.91 Å². The van der Waals surface area contributed by atoms with E-state index in [0.29, 0.717) is 19.6 Å². The minimum absolute atomic E-state index is 0.0524. The highest BCUT2D eigenvalue weighted by Gasteiger charge is 2.37. The highest BCUT2D eigenvalue weighted by Crippen LogP contribution is 2.30. The summed E-state index contributed by atoms with van der Waals surface area (Å²) in [6.45, 7) is 1.81. The van der Waals surface area contributed by atoms with Crippen molar-refractivity contribution in [1.82, 2.24) is 19.6 Å². The van der Waals surface area contributed by atoms with Gasteiger partial charge in [0.1, 0.15) is 5.75 Å². The van der Waals surface area contributed by atoms with E-state index in [1.165, 1.54) is 0 Å². The summed E-state index contributed by atoms with van der Waals surface area (Å²) in [5, 5.41) is 13.7. The number of carbonyl (C=O) groups excluding carboxylic acids is 1. The van der Waals surface area contributed by atoms with E-state index in [1.54, 1.807) is 28.9 Å². The lowest BCUT2D eigenvalue weighted by molar-refractivity contribution is -0.147. The van der Waals surface area contributed by atoms with Gasteiger partial charge in [0.25, 0.3) is 0 Å². The number of rotatable bonds is 5. The molecule has 2 heterocycles. The number of likely N-dealkylation sites (N-methyl/N-ethyl adjacent to an activating group) is 1. The number of carbonyl (C=O) groups is 1. The number of phenols is 1. The average Bonchev–Trinajstić information content (AvgIpc) is 3.02. The molecule has 26 heavy (non-hydrogen) atoms. The molecule has 1 saturated heterocycles. The standard InChI is InChI=1S/C19H26N4O3/c1-21(2)13-17-19(15-11-20-22(3)12-15)23(8-9-26-17)18(25)10-14-4-6-16(24)7-5-14/h4-7,11-12,17,19,24H,8-10,13H2,1-3H3/t17-,19-/m0/s1. The van der Waals surface area contributed by atoms with Crippen molar-refractivity contribution in [2.45, 2.75) is 18.6 Å². The van der Waals surface area contributed by atoms with Crippen LogP contribution in [-0.4, -0.2) is 70.5 Å². The lowest BCUT2D eigenvalue weighted by Gasteiger charge is -2.42. The van der Waals surface area contributed by atoms with Crippen molar-refractivity contribution in [3.8, 4) is 5.75 Å². The van der Waals surface area contributed by atoms with Crippen molar-refractivity contribution < 1.29 is 14.6 Å². The zero-order valence-corrected chi connectivity index (χ0v) is 15.5. The largest absolute Gasteiger partial charge is 0.508 e. The number of aromatic nitrogens is 2. The number of phenolic OH excluding ortho intramolecular Hbond substituents is 1. The second-order valence-electron chi connectivity index (χ2n) is 6.99. The zero-order valence-electron chi connectivity index (χ0n) is 15.5. The molecule has 1 amide bonds. The Labute approximate surface area is 153 Å². The first-order valence-electron chi connectivity index (χ1n) is 8.76. The van der Waals surface area contributed by atoms with Crippen molar-refractivity contribution in [2.24, 2.45) is 7.05 Å². The van der Waals surface area contributed by atoms with Crippen LogP contribution < -0.4 is 0 Å². The third-order valence-corrected chi connectivity index (χ3v) is 4.58. The van der Waals surface area contributed by atoms with E-state index < -0.39 is 0 Å². The molecule has 2 atom stereocenters. The fourth-order valence-corrected chi connectivity index (χ4v) is 3.40. The Balaban J connectivity index is 1.84. The molecule has 0 radical (unpaired) electrons. The predicted molar refractivity (Wildman–Crippen MR) is 97.8 cm³/mol. The molecule has 1 aromatic carbocycles. The molecule has 7 heteroatoms. The SMILES string of the molecule is CN(C)C[C@@H]1OCCN(C(=O)Cc2ccc(O)cc2)[C@H]1c1cnn(C)c1. The van der Waals surface area contributed by atoms with E-state index in [9.17, 15) is 9.90 Å². The molecular formula is C19H26N4O3. The number of aryl methyl sites for hydroxylation is 1. The molecule has 1 aliphatic rings. The highest BCUT2D eigenvalue weighted by molar-refractivity contribution is 5.79. The van der Waals surface area contributed by atoms with Crippen LogP contribution in [0.25, 0.3) is 0 Å². The molecule has 3 rings (SSSR count). The Kier molecular flexibility index (Phi) is 5.58. The lowest BCUT2D eigenvalue weighted by Crippen LogP contribution is -2.51. The Bertz CT molecular complexity index is 741. The van der Waals surface area contributed by atoms with E-state index in [1.807, 2.05) is 38.4 Å². The smallest absolute Gasteiger partial charge is 0.227 e. The molecule has 0 unspecified atom stereocenters. The third kappa shape index (κ3) is 4.23. The maximum Gasteiger partial charge on any atom is 0.227 e. The number of ether oxygens (including phenoxy) is 1. The minimum atomic E-state index is -0.163. The molecule has 7 nitrogen and oxygen atoms in total. The van der Waals surface area contributed by atoms with Crippen LogP contribution >= 0.6 is 0 Å². The number of morpholine rings is 1. The van der Waals surface area contributed by atoms with Crippen LogP contribution in [0.4, 0.5) is 0 Å². The lowest BCUT2D eigenvalue weighted by atomic mass is 9.99. The van der Waals surface area contributed by atoms with Gasteiger partial charge in [-0.15, -0.1) is 0 Å². The second-order valence-corrected chi connectivity index (χ2v) is 6.99. The number of benzene rings is 1. The number of hydrogen-bond donors (Lipinski definition) is 1. The van der Waals surface area contributed by atoms with Gasteiger partial charge < -0.3 is 19.6 Å². The monoisotopic (exact) mass is 358 g/mol. The Hall–Kier alpha value is -2.38. The number of aromatic hydroxyl groups is 1. The fraction of sp³-hybridized carbons (Fsp3) is 0.474. The van der Waals surface area contributed by atoms with Crippen LogP contribution in [0, 0.1) is 0 Å². The van der Waals surface area contributed by atoms with E-state index in [4.69, 9.17) is 4.74 Å². The summed E-state index contributed by atoms with van der Waals surface area (Å²) in [4.78, 5) is 17.0. The van der Waals surface area contributed by atoms with Gasteiger partial charge in [0.15, 0.2) is 0 Å². The quantitative estimate of drug-likeness (QED) is 0.870. The van der Waals surface area contributed by atoms with Crippen LogP contribution in [0.1, 0.15) is 17.2 Å². The summed E-state index contributed by atoms with van der Waals surface area (Å²) in [6, 6.07) is 6.61. The molecule has 0 aliphatic carbocycles. The minimum Gasteiger partial charge on any atom is -0.508 e. The Morgan fingerprint density at radius 3 is 2.69 bits per heavy atom. The van der Waals surface area contributed by atoms with Gasteiger partial charge in [-0.3, -0.25) is 9.48 Å². The highest BCUT2D eigenvalue weighted by atomic mass is 16.5. The number of hydrogen-bond acceptors (Lipinski definition) is 5. The molecule has 0 saturated carbocycles. The van der Waals surface area contributed by atoms with Crippen molar-refractivity contribution in [2.75, 3.05) is 33.8 Å². The van der Waals surface area contributed by atoms with Gasteiger partial charge in [-0.2, -0.15) is 5.10 Å². The molecule has 2 aromatic rings. The molecule has 0 spiro atoms. The third-order valence-electron chi connectivity index (χ3n) is 4.58. The van der Waals surface area contributed by atoms with Crippen LogP contribution in [0.5, 0.6) is 5.75 Å². The first-order chi connectivity index (χ1) is 12.4. The Morgan fingerprint density at radius 1 is 1.35 bits per heavy atom. The summed E-state index contributed by atoms with van der Waals surface area (Å²) in [5.74, 6) is 0.253. The molecule has 1 fully saturated rings. The molecule has 1 aliphatic heterocycles. The molecule has 0 bridgehead atoms. The van der Waals surface area contributed by atoms with Crippen molar-refractivity contribution >= 4 is 5.91 Å². The molecule has 1 N–H and O–H groups in total. The predicted octanol–water partition coefficient (Wildman–Crippen LogP) is 1.20. The Morgan fingerprint density at radius 2 is 2.08 bits per heavy atom. The maximum atomic E-state index is 13.0. The molecular weight excluding hydrogens is 332 g/mol. The van der Waals surface area contributed by atoms with Gasteiger partial charge in [-0.1, -0.05) is 12.1 Å². The molecule has 1 aromatic heterocycles. The van der Waals surface area contributed by atoms with Gasteiger partial charge in [0, 0.05) is 31.9 Å². The normalized spacial score (nSPS) is 20.5. The summed E-state index contributed by atoms with van der Waals surface area (Å²) >= 11 is 0. The molecule has 140 valence electrons. The van der Waals surface area contributed by atoms with Gasteiger partial charge in [-0.25, -0.2) is 0 Å². The number of amides is 1. The van der Waals surface area contributed by atoms with Crippen molar-refractivity contribution in [3.05, 3.63) is 47.8 Å². The summed E-state index contributed by atoms with van der Waals surface area (Å²) in [7, 11) is 5.87. The number of nitrogens with zero attached hydrogens (tertiary/aromatic N) is 4. The van der Waals surface area contributed by atoms with Gasteiger partial charge in [-0.05, 0) is 31.8 Å². The fourth-order valence-electron chi connectivity index (χ4n) is 3.40. The second kappa shape index (κ2) is 7.88. The summed E-state index contributed by atoms with van der Waals surface area (Å²) in [6.07, 6.45) is 3.95. The van der Waals surface area contributed by atoms with E-state index >= 15 is 0 Å². The first kappa shape index (κ1) is 18.4. The van der Waals surface area contributed by atoms with Crippen molar-refractivity contribution in [3.63, 3.8) is 0 Å². The first-order valence-corrected chi connectivity index (χ1v) is 8.76. The van der Waals surface area contributed by atoms with Gasteiger partial charge >= 0.3 is 0 Å². The van der Waals surface area contributed by atoms with E-state index in [-0.39, 0.29) is 23.8 Å². The van der Waals surface area contributed by atoms with Crippen LogP contribution in [0.3, 0.4) is 0 Å².